The first-order valence-corrected chi connectivity index (χ1v) is 9.98. The molecule has 1 fully saturated rings. The highest BCUT2D eigenvalue weighted by Gasteiger charge is 2.16. The standard InChI is InChI=1S/C23H26N2O3/c26-21-18-23(28-22-11-5-4-10-20(21)22)27-17-7-6-12-24-13-15-25(16-14-24)19-8-2-1-3-9-19/h1-5,8-11,18H,6-7,12-17H2. The fourth-order valence-corrected chi connectivity index (χ4v) is 3.63. The number of unbranched alkanes of at least 4 members (excludes halogenated alkanes) is 1. The van der Waals surface area contributed by atoms with E-state index in [0.29, 0.717) is 23.5 Å². The van der Waals surface area contributed by atoms with Gasteiger partial charge < -0.3 is 14.1 Å². The van der Waals surface area contributed by atoms with Gasteiger partial charge in [0, 0.05) is 31.9 Å². The van der Waals surface area contributed by atoms with Crippen LogP contribution in [0.5, 0.6) is 5.95 Å². The van der Waals surface area contributed by atoms with Crippen molar-refractivity contribution in [2.45, 2.75) is 12.8 Å². The molecule has 146 valence electrons. The second-order valence-corrected chi connectivity index (χ2v) is 7.15. The molecule has 4 rings (SSSR count). The van der Waals surface area contributed by atoms with E-state index in [4.69, 9.17) is 9.15 Å². The molecule has 5 heteroatoms. The van der Waals surface area contributed by atoms with E-state index in [1.54, 1.807) is 12.1 Å². The lowest BCUT2D eigenvalue weighted by atomic mass is 10.2. The second-order valence-electron chi connectivity index (χ2n) is 7.15. The van der Waals surface area contributed by atoms with Crippen LogP contribution in [0.25, 0.3) is 11.0 Å². The molecule has 0 bridgehead atoms. The summed E-state index contributed by atoms with van der Waals surface area (Å²) in [5.41, 5.74) is 1.82. The summed E-state index contributed by atoms with van der Waals surface area (Å²) >= 11 is 0. The molecule has 0 atom stereocenters. The van der Waals surface area contributed by atoms with Crippen molar-refractivity contribution in [1.29, 1.82) is 0 Å². The van der Waals surface area contributed by atoms with Crippen LogP contribution in [0.2, 0.25) is 0 Å². The van der Waals surface area contributed by atoms with E-state index in [1.807, 2.05) is 12.1 Å². The lowest BCUT2D eigenvalue weighted by Crippen LogP contribution is -2.46. The van der Waals surface area contributed by atoms with E-state index in [-0.39, 0.29) is 5.43 Å². The Kier molecular flexibility index (Phi) is 5.92. The van der Waals surface area contributed by atoms with Crippen molar-refractivity contribution in [2.75, 3.05) is 44.2 Å². The van der Waals surface area contributed by atoms with Crippen molar-refractivity contribution in [3.63, 3.8) is 0 Å². The average Bonchev–Trinajstić information content (AvgIpc) is 2.75. The molecule has 0 aliphatic carbocycles. The number of anilines is 1. The van der Waals surface area contributed by atoms with Crippen molar-refractivity contribution >= 4 is 16.7 Å². The van der Waals surface area contributed by atoms with Crippen molar-refractivity contribution in [3.8, 4) is 5.95 Å². The molecule has 5 nitrogen and oxygen atoms in total. The summed E-state index contributed by atoms with van der Waals surface area (Å²) in [6.45, 7) is 5.97. The lowest BCUT2D eigenvalue weighted by molar-refractivity contribution is 0.218. The van der Waals surface area contributed by atoms with Crippen LogP contribution in [-0.2, 0) is 0 Å². The summed E-state index contributed by atoms with van der Waals surface area (Å²) in [5.74, 6) is 0.306. The smallest absolute Gasteiger partial charge is 0.288 e. The van der Waals surface area contributed by atoms with E-state index < -0.39 is 0 Å². The quantitative estimate of drug-likeness (QED) is 0.586. The van der Waals surface area contributed by atoms with Gasteiger partial charge >= 0.3 is 0 Å². The molecular weight excluding hydrogens is 352 g/mol. The molecule has 0 radical (unpaired) electrons. The van der Waals surface area contributed by atoms with E-state index in [9.17, 15) is 4.79 Å². The SMILES string of the molecule is O=c1cc(OCCCCN2CCN(c3ccccc3)CC2)oc2ccccc12. The number of piperazine rings is 1. The van der Waals surface area contributed by atoms with E-state index in [0.717, 1.165) is 45.6 Å². The summed E-state index contributed by atoms with van der Waals surface area (Å²) in [6, 6.07) is 19.3. The largest absolute Gasteiger partial charge is 0.465 e. The monoisotopic (exact) mass is 378 g/mol. The van der Waals surface area contributed by atoms with Crippen LogP contribution in [0.4, 0.5) is 5.69 Å². The van der Waals surface area contributed by atoms with Crippen LogP contribution in [-0.4, -0.2) is 44.2 Å². The van der Waals surface area contributed by atoms with Gasteiger partial charge in [0.1, 0.15) is 5.58 Å². The van der Waals surface area contributed by atoms with Crippen LogP contribution in [0, 0.1) is 0 Å². The first-order valence-electron chi connectivity index (χ1n) is 9.98. The summed E-state index contributed by atoms with van der Waals surface area (Å²) in [6.07, 6.45) is 2.01. The van der Waals surface area contributed by atoms with Gasteiger partial charge in [0.05, 0.1) is 18.1 Å². The fourth-order valence-electron chi connectivity index (χ4n) is 3.63. The Labute approximate surface area is 165 Å². The van der Waals surface area contributed by atoms with Crippen molar-refractivity contribution in [1.82, 2.24) is 4.90 Å². The van der Waals surface area contributed by atoms with Gasteiger partial charge in [-0.1, -0.05) is 30.3 Å². The molecular formula is C23H26N2O3. The minimum absolute atomic E-state index is 0.0619. The number of ether oxygens (including phenoxy) is 1. The minimum Gasteiger partial charge on any atom is -0.465 e. The Bertz CT molecular complexity index is 947. The zero-order valence-corrected chi connectivity index (χ0v) is 16.0. The van der Waals surface area contributed by atoms with Crippen LogP contribution in [0.3, 0.4) is 0 Å². The van der Waals surface area contributed by atoms with Crippen LogP contribution < -0.4 is 15.1 Å². The number of hydrogen-bond donors (Lipinski definition) is 0. The highest BCUT2D eigenvalue weighted by Crippen LogP contribution is 2.18. The predicted molar refractivity (Wildman–Crippen MR) is 112 cm³/mol. The molecule has 1 aliphatic rings. The van der Waals surface area contributed by atoms with Crippen LogP contribution in [0.1, 0.15) is 12.8 Å². The number of nitrogens with zero attached hydrogens (tertiary/aromatic N) is 2. The third-order valence-corrected chi connectivity index (χ3v) is 5.22. The Morgan fingerprint density at radius 1 is 0.893 bits per heavy atom. The van der Waals surface area contributed by atoms with E-state index in [2.05, 4.69) is 40.1 Å². The van der Waals surface area contributed by atoms with Crippen molar-refractivity contribution in [2.24, 2.45) is 0 Å². The molecule has 2 aromatic carbocycles. The minimum atomic E-state index is -0.0619. The number of para-hydroxylation sites is 2. The molecule has 0 N–H and O–H groups in total. The van der Waals surface area contributed by atoms with Gasteiger partial charge in [-0.15, -0.1) is 0 Å². The molecule has 0 saturated carbocycles. The van der Waals surface area contributed by atoms with Gasteiger partial charge in [-0.05, 0) is 43.7 Å². The third-order valence-electron chi connectivity index (χ3n) is 5.22. The fraction of sp³-hybridized carbons (Fsp3) is 0.348. The number of hydrogen-bond acceptors (Lipinski definition) is 5. The first kappa shape index (κ1) is 18.6. The summed E-state index contributed by atoms with van der Waals surface area (Å²) in [7, 11) is 0. The average molecular weight is 378 g/mol. The summed E-state index contributed by atoms with van der Waals surface area (Å²) < 4.78 is 11.3. The molecule has 0 unspecified atom stereocenters. The lowest BCUT2D eigenvalue weighted by Gasteiger charge is -2.36. The molecule has 3 aromatic rings. The normalized spacial score (nSPS) is 15.1. The molecule has 1 aliphatic heterocycles. The maximum absolute atomic E-state index is 12.1. The van der Waals surface area contributed by atoms with Gasteiger partial charge in [0.25, 0.3) is 5.95 Å². The van der Waals surface area contributed by atoms with Crippen molar-refractivity contribution in [3.05, 3.63) is 70.9 Å². The number of rotatable bonds is 7. The molecule has 0 spiro atoms. The highest BCUT2D eigenvalue weighted by molar-refractivity contribution is 5.76. The molecule has 2 heterocycles. The highest BCUT2D eigenvalue weighted by atomic mass is 16.6. The maximum atomic E-state index is 12.1. The zero-order chi connectivity index (χ0) is 19.2. The molecule has 1 saturated heterocycles. The third kappa shape index (κ3) is 4.54. The van der Waals surface area contributed by atoms with Gasteiger partial charge in [0.15, 0.2) is 5.43 Å². The van der Waals surface area contributed by atoms with Crippen LogP contribution in [0.15, 0.2) is 69.9 Å². The Morgan fingerprint density at radius 2 is 1.64 bits per heavy atom. The number of benzene rings is 2. The molecule has 0 amide bonds. The van der Waals surface area contributed by atoms with Gasteiger partial charge in [0.2, 0.25) is 0 Å². The first-order chi connectivity index (χ1) is 13.8. The predicted octanol–water partition coefficient (Wildman–Crippen LogP) is 3.77. The van der Waals surface area contributed by atoms with Crippen LogP contribution >= 0.6 is 0 Å². The Hall–Kier alpha value is -2.79. The van der Waals surface area contributed by atoms with Crippen molar-refractivity contribution < 1.29 is 9.15 Å². The number of fused-ring (bicyclic) bond motifs is 1. The van der Waals surface area contributed by atoms with Gasteiger partial charge in [-0.25, -0.2) is 0 Å². The topological polar surface area (TPSA) is 45.9 Å². The Morgan fingerprint density at radius 3 is 2.46 bits per heavy atom. The Balaban J connectivity index is 1.17. The molecule has 28 heavy (non-hydrogen) atoms. The summed E-state index contributed by atoms with van der Waals surface area (Å²) in [4.78, 5) is 17.0. The van der Waals surface area contributed by atoms with E-state index >= 15 is 0 Å². The zero-order valence-electron chi connectivity index (χ0n) is 16.0. The molecule has 1 aromatic heterocycles. The second kappa shape index (κ2) is 8.93. The summed E-state index contributed by atoms with van der Waals surface area (Å²) in [5, 5.41) is 0.587. The van der Waals surface area contributed by atoms with E-state index in [1.165, 1.54) is 11.8 Å². The van der Waals surface area contributed by atoms with Gasteiger partial charge in [-0.2, -0.15) is 0 Å². The van der Waals surface area contributed by atoms with Gasteiger partial charge in [-0.3, -0.25) is 9.69 Å². The maximum Gasteiger partial charge on any atom is 0.288 e.